The Morgan fingerprint density at radius 3 is 2.43 bits per heavy atom. The highest BCUT2D eigenvalue weighted by molar-refractivity contribution is 5.97. The van der Waals surface area contributed by atoms with Crippen molar-refractivity contribution in [3.8, 4) is 0 Å². The van der Waals surface area contributed by atoms with Crippen molar-refractivity contribution in [3.05, 3.63) is 65.5 Å². The third-order valence-corrected chi connectivity index (χ3v) is 4.48. The molecule has 2 aromatic carbocycles. The highest BCUT2D eigenvalue weighted by Crippen LogP contribution is 2.18. The summed E-state index contributed by atoms with van der Waals surface area (Å²) < 4.78 is 17.8. The average Bonchev–Trinajstić information content (AvgIpc) is 3.09. The Labute approximate surface area is 172 Å². The average molecular weight is 413 g/mol. The molecule has 1 fully saturated rings. The SMILES string of the molecule is Cc1ccc(C(=O)NN2C[C@H](C(=O)OCC(=O)Nc3ccc(F)cc3)CC2=O)cc1. The Morgan fingerprint density at radius 2 is 1.77 bits per heavy atom. The van der Waals surface area contributed by atoms with Crippen LogP contribution in [0, 0.1) is 18.7 Å². The van der Waals surface area contributed by atoms with Gasteiger partial charge in [-0.2, -0.15) is 0 Å². The number of benzene rings is 2. The van der Waals surface area contributed by atoms with Crippen molar-refractivity contribution in [2.24, 2.45) is 5.92 Å². The van der Waals surface area contributed by atoms with Crippen LogP contribution < -0.4 is 10.7 Å². The maximum absolute atomic E-state index is 12.9. The highest BCUT2D eigenvalue weighted by atomic mass is 19.1. The molecular formula is C21H20FN3O5. The first-order valence-electron chi connectivity index (χ1n) is 9.22. The number of hydrazine groups is 1. The summed E-state index contributed by atoms with van der Waals surface area (Å²) in [6.45, 7) is 1.30. The summed E-state index contributed by atoms with van der Waals surface area (Å²) in [4.78, 5) is 48.4. The fourth-order valence-corrected chi connectivity index (χ4v) is 2.85. The van der Waals surface area contributed by atoms with Crippen LogP contribution in [-0.2, 0) is 19.1 Å². The van der Waals surface area contributed by atoms with Gasteiger partial charge >= 0.3 is 5.97 Å². The summed E-state index contributed by atoms with van der Waals surface area (Å²) in [5.41, 5.74) is 4.22. The lowest BCUT2D eigenvalue weighted by Gasteiger charge is -2.17. The fourth-order valence-electron chi connectivity index (χ4n) is 2.85. The molecule has 3 rings (SSSR count). The summed E-state index contributed by atoms with van der Waals surface area (Å²) >= 11 is 0. The molecule has 9 heteroatoms. The van der Waals surface area contributed by atoms with Crippen LogP contribution in [-0.4, -0.2) is 41.9 Å². The molecule has 30 heavy (non-hydrogen) atoms. The number of halogens is 1. The van der Waals surface area contributed by atoms with E-state index >= 15 is 0 Å². The van der Waals surface area contributed by atoms with E-state index in [0.29, 0.717) is 11.3 Å². The third kappa shape index (κ3) is 5.40. The Bertz CT molecular complexity index is 960. The van der Waals surface area contributed by atoms with Gasteiger partial charge in [-0.25, -0.2) is 4.39 Å². The molecule has 0 radical (unpaired) electrons. The van der Waals surface area contributed by atoms with Crippen LogP contribution in [0.1, 0.15) is 22.3 Å². The van der Waals surface area contributed by atoms with Crippen LogP contribution in [0.25, 0.3) is 0 Å². The summed E-state index contributed by atoms with van der Waals surface area (Å²) in [6.07, 6.45) is -0.132. The first-order chi connectivity index (χ1) is 14.3. The molecule has 1 aliphatic heterocycles. The molecule has 1 aliphatic rings. The van der Waals surface area contributed by atoms with Gasteiger partial charge in [-0.3, -0.25) is 29.6 Å². The van der Waals surface area contributed by atoms with Crippen LogP contribution in [0.15, 0.2) is 48.5 Å². The number of amides is 3. The van der Waals surface area contributed by atoms with E-state index in [0.717, 1.165) is 10.6 Å². The predicted octanol–water partition coefficient (Wildman–Crippen LogP) is 1.81. The van der Waals surface area contributed by atoms with Gasteiger partial charge in [0.2, 0.25) is 5.91 Å². The first kappa shape index (κ1) is 21.0. The number of nitrogens with zero attached hydrogens (tertiary/aromatic N) is 1. The molecule has 0 spiro atoms. The van der Waals surface area contributed by atoms with Crippen molar-refractivity contribution < 1.29 is 28.3 Å². The Kier molecular flexibility index (Phi) is 6.41. The van der Waals surface area contributed by atoms with Crippen LogP contribution in [0.4, 0.5) is 10.1 Å². The second-order valence-corrected chi connectivity index (χ2v) is 6.88. The molecule has 156 valence electrons. The lowest BCUT2D eigenvalue weighted by Crippen LogP contribution is -2.43. The van der Waals surface area contributed by atoms with Crippen molar-refractivity contribution in [1.29, 1.82) is 0 Å². The molecule has 2 aromatic rings. The van der Waals surface area contributed by atoms with Crippen molar-refractivity contribution in [1.82, 2.24) is 10.4 Å². The molecule has 0 aliphatic carbocycles. The van der Waals surface area contributed by atoms with Crippen LogP contribution >= 0.6 is 0 Å². The molecule has 0 unspecified atom stereocenters. The van der Waals surface area contributed by atoms with E-state index in [-0.39, 0.29) is 13.0 Å². The Balaban J connectivity index is 1.47. The quantitative estimate of drug-likeness (QED) is 0.703. The number of esters is 1. The van der Waals surface area contributed by atoms with Gasteiger partial charge in [-0.1, -0.05) is 17.7 Å². The smallest absolute Gasteiger partial charge is 0.311 e. The highest BCUT2D eigenvalue weighted by Gasteiger charge is 2.36. The van der Waals surface area contributed by atoms with E-state index in [1.165, 1.54) is 24.3 Å². The molecule has 0 saturated carbocycles. The topological polar surface area (TPSA) is 105 Å². The minimum atomic E-state index is -0.797. The molecule has 1 atom stereocenters. The number of carbonyl (C=O) groups excluding carboxylic acids is 4. The second-order valence-electron chi connectivity index (χ2n) is 6.88. The van der Waals surface area contributed by atoms with Crippen LogP contribution in [0.5, 0.6) is 0 Å². The summed E-state index contributed by atoms with van der Waals surface area (Å²) in [5.74, 6) is -3.43. The van der Waals surface area contributed by atoms with Gasteiger partial charge in [0.15, 0.2) is 6.61 Å². The largest absolute Gasteiger partial charge is 0.455 e. The lowest BCUT2D eigenvalue weighted by atomic mass is 10.1. The number of rotatable bonds is 6. The maximum atomic E-state index is 12.9. The van der Waals surface area contributed by atoms with Gasteiger partial charge in [-0.15, -0.1) is 0 Å². The zero-order valence-electron chi connectivity index (χ0n) is 16.2. The van der Waals surface area contributed by atoms with E-state index in [1.54, 1.807) is 24.3 Å². The number of aryl methyl sites for hydroxylation is 1. The minimum absolute atomic E-state index is 0.0468. The molecule has 1 heterocycles. The predicted molar refractivity (Wildman–Crippen MR) is 104 cm³/mol. The standard InChI is InChI=1S/C21H20FN3O5/c1-13-2-4-14(5-3-13)20(28)24-25-11-15(10-19(25)27)21(29)30-12-18(26)23-17-8-6-16(22)7-9-17/h2-9,15H,10-12H2,1H3,(H,23,26)(H,24,28)/t15-/m1/s1. The van der Waals surface area contributed by atoms with Crippen molar-refractivity contribution >= 4 is 29.4 Å². The lowest BCUT2D eigenvalue weighted by molar-refractivity contribution is -0.151. The van der Waals surface area contributed by atoms with E-state index in [2.05, 4.69) is 10.7 Å². The van der Waals surface area contributed by atoms with Gasteiger partial charge < -0.3 is 10.1 Å². The van der Waals surface area contributed by atoms with Crippen molar-refractivity contribution in [2.45, 2.75) is 13.3 Å². The number of nitrogens with one attached hydrogen (secondary N) is 2. The summed E-state index contributed by atoms with van der Waals surface area (Å²) in [6, 6.07) is 11.9. The van der Waals surface area contributed by atoms with Crippen molar-refractivity contribution in [2.75, 3.05) is 18.5 Å². The summed E-state index contributed by atoms with van der Waals surface area (Å²) in [7, 11) is 0. The number of carbonyl (C=O) groups is 4. The number of anilines is 1. The van der Waals surface area contributed by atoms with Crippen LogP contribution in [0.2, 0.25) is 0 Å². The van der Waals surface area contributed by atoms with E-state index in [4.69, 9.17) is 4.74 Å². The Morgan fingerprint density at radius 1 is 1.10 bits per heavy atom. The van der Waals surface area contributed by atoms with Crippen molar-refractivity contribution in [3.63, 3.8) is 0 Å². The number of hydrogen-bond donors (Lipinski definition) is 2. The minimum Gasteiger partial charge on any atom is -0.455 e. The molecule has 3 amide bonds. The van der Waals surface area contributed by atoms with E-state index in [1.807, 2.05) is 6.92 Å². The maximum Gasteiger partial charge on any atom is 0.311 e. The fraction of sp³-hybridized carbons (Fsp3) is 0.238. The molecule has 8 nitrogen and oxygen atoms in total. The van der Waals surface area contributed by atoms with Gasteiger partial charge in [0.25, 0.3) is 11.8 Å². The zero-order chi connectivity index (χ0) is 21.7. The number of hydrogen-bond acceptors (Lipinski definition) is 5. The molecule has 0 aromatic heterocycles. The molecule has 0 bridgehead atoms. The first-order valence-corrected chi connectivity index (χ1v) is 9.22. The summed E-state index contributed by atoms with van der Waals surface area (Å²) in [5, 5.41) is 3.54. The monoisotopic (exact) mass is 413 g/mol. The molecule has 2 N–H and O–H groups in total. The zero-order valence-corrected chi connectivity index (χ0v) is 16.2. The van der Waals surface area contributed by atoms with E-state index in [9.17, 15) is 23.6 Å². The van der Waals surface area contributed by atoms with Gasteiger partial charge in [-0.05, 0) is 43.3 Å². The normalized spacial score (nSPS) is 15.6. The van der Waals surface area contributed by atoms with Crippen LogP contribution in [0.3, 0.4) is 0 Å². The molecular weight excluding hydrogens is 393 g/mol. The Hall–Kier alpha value is -3.75. The van der Waals surface area contributed by atoms with Gasteiger partial charge in [0.05, 0.1) is 12.5 Å². The molecule has 1 saturated heterocycles. The van der Waals surface area contributed by atoms with Gasteiger partial charge in [0.1, 0.15) is 5.82 Å². The van der Waals surface area contributed by atoms with Gasteiger partial charge in [0, 0.05) is 17.7 Å². The number of ether oxygens (including phenoxy) is 1. The second kappa shape index (κ2) is 9.17. The third-order valence-electron chi connectivity index (χ3n) is 4.48. The van der Waals surface area contributed by atoms with E-state index < -0.39 is 42.0 Å².